The molecule has 0 saturated carbocycles. The predicted octanol–water partition coefficient (Wildman–Crippen LogP) is 1.96. The number of unbranched alkanes of at least 4 members (excludes halogenated alkanes) is 1. The Bertz CT molecular complexity index is 289. The van der Waals surface area contributed by atoms with Gasteiger partial charge in [0.2, 0.25) is 0 Å². The maximum atomic E-state index is 12.0. The summed E-state index contributed by atoms with van der Waals surface area (Å²) in [5.41, 5.74) is 0. The van der Waals surface area contributed by atoms with Crippen LogP contribution in [0.5, 0.6) is 0 Å². The van der Waals surface area contributed by atoms with Crippen molar-refractivity contribution < 1.29 is 9.90 Å². The van der Waals surface area contributed by atoms with Gasteiger partial charge in [0, 0.05) is 19.1 Å². The van der Waals surface area contributed by atoms with E-state index in [-0.39, 0.29) is 24.7 Å². The summed E-state index contributed by atoms with van der Waals surface area (Å²) in [5.74, 6) is 0.462. The first-order chi connectivity index (χ1) is 10.0. The molecule has 1 saturated heterocycles. The lowest BCUT2D eigenvalue weighted by Crippen LogP contribution is -2.51. The zero-order chi connectivity index (χ0) is 15.7. The summed E-state index contributed by atoms with van der Waals surface area (Å²) in [4.78, 5) is 14.4. The summed E-state index contributed by atoms with van der Waals surface area (Å²) in [6.45, 7) is 9.72. The van der Waals surface area contributed by atoms with E-state index < -0.39 is 0 Å². The quantitative estimate of drug-likeness (QED) is 0.642. The summed E-state index contributed by atoms with van der Waals surface area (Å²) in [6, 6.07) is -0.0161. The Kier molecular flexibility index (Phi) is 8.69. The van der Waals surface area contributed by atoms with Crippen LogP contribution >= 0.6 is 0 Å². The molecule has 1 heterocycles. The zero-order valence-corrected chi connectivity index (χ0v) is 13.9. The molecule has 124 valence electrons. The molecule has 5 nitrogen and oxygen atoms in total. The Morgan fingerprint density at radius 1 is 1.33 bits per heavy atom. The second-order valence-corrected chi connectivity index (χ2v) is 6.60. The van der Waals surface area contributed by atoms with E-state index in [1.54, 1.807) is 0 Å². The second kappa shape index (κ2) is 10.0. The largest absolute Gasteiger partial charge is 0.394 e. The first-order valence-electron chi connectivity index (χ1n) is 8.45. The number of hydrogen-bond acceptors (Lipinski definition) is 3. The van der Waals surface area contributed by atoms with Crippen LogP contribution in [-0.4, -0.2) is 54.4 Å². The van der Waals surface area contributed by atoms with Crippen LogP contribution in [0, 0.1) is 5.92 Å². The maximum Gasteiger partial charge on any atom is 0.315 e. The number of urea groups is 1. The molecular weight excluding hydrogens is 266 g/mol. The van der Waals surface area contributed by atoms with Crippen LogP contribution in [0.2, 0.25) is 0 Å². The number of hydrogen-bond donors (Lipinski definition) is 3. The topological polar surface area (TPSA) is 64.6 Å². The van der Waals surface area contributed by atoms with E-state index in [1.165, 1.54) is 19.4 Å². The lowest BCUT2D eigenvalue weighted by Gasteiger charge is -2.32. The van der Waals surface area contributed by atoms with E-state index in [9.17, 15) is 9.90 Å². The van der Waals surface area contributed by atoms with Gasteiger partial charge in [0.1, 0.15) is 0 Å². The molecule has 3 N–H and O–H groups in total. The van der Waals surface area contributed by atoms with Crippen LogP contribution in [0.15, 0.2) is 0 Å². The number of nitrogens with zero attached hydrogens (tertiary/aromatic N) is 1. The third-order valence-corrected chi connectivity index (χ3v) is 4.06. The Hall–Kier alpha value is -0.810. The van der Waals surface area contributed by atoms with Gasteiger partial charge in [-0.05, 0) is 38.1 Å². The van der Waals surface area contributed by atoms with Crippen molar-refractivity contribution in [2.24, 2.45) is 5.92 Å². The Morgan fingerprint density at radius 3 is 2.52 bits per heavy atom. The van der Waals surface area contributed by atoms with Gasteiger partial charge in [0.25, 0.3) is 0 Å². The minimum absolute atomic E-state index is 0.00105. The van der Waals surface area contributed by atoms with Crippen molar-refractivity contribution in [1.82, 2.24) is 15.5 Å². The molecule has 5 heteroatoms. The van der Waals surface area contributed by atoms with Gasteiger partial charge in [-0.1, -0.05) is 27.2 Å². The van der Waals surface area contributed by atoms with Gasteiger partial charge in [-0.25, -0.2) is 4.79 Å². The molecule has 1 atom stereocenters. The number of likely N-dealkylation sites (tertiary alicyclic amines) is 1. The minimum atomic E-state index is -0.144. The Balaban J connectivity index is 2.23. The fourth-order valence-electron chi connectivity index (χ4n) is 2.84. The molecular formula is C16H33N3O2. The van der Waals surface area contributed by atoms with Crippen molar-refractivity contribution in [3.8, 4) is 0 Å². The van der Waals surface area contributed by atoms with Crippen molar-refractivity contribution >= 4 is 6.03 Å². The molecule has 21 heavy (non-hydrogen) atoms. The number of amides is 2. The third kappa shape index (κ3) is 7.67. The molecule has 2 amide bonds. The van der Waals surface area contributed by atoms with E-state index in [4.69, 9.17) is 0 Å². The van der Waals surface area contributed by atoms with Crippen LogP contribution in [0.25, 0.3) is 0 Å². The summed E-state index contributed by atoms with van der Waals surface area (Å²) in [5, 5.41) is 15.2. The van der Waals surface area contributed by atoms with Crippen molar-refractivity contribution in [3.05, 3.63) is 0 Å². The number of piperidine rings is 1. The van der Waals surface area contributed by atoms with Gasteiger partial charge in [0.15, 0.2) is 0 Å². The van der Waals surface area contributed by atoms with Gasteiger partial charge in [0.05, 0.1) is 12.6 Å². The van der Waals surface area contributed by atoms with Gasteiger partial charge in [-0.2, -0.15) is 0 Å². The number of carbonyl (C=O) groups is 1. The zero-order valence-electron chi connectivity index (χ0n) is 13.9. The highest BCUT2D eigenvalue weighted by atomic mass is 16.3. The molecule has 0 radical (unpaired) electrons. The molecule has 0 aromatic heterocycles. The highest BCUT2D eigenvalue weighted by Crippen LogP contribution is 2.11. The third-order valence-electron chi connectivity index (χ3n) is 4.06. The van der Waals surface area contributed by atoms with Crippen LogP contribution in [0.1, 0.15) is 52.9 Å². The van der Waals surface area contributed by atoms with E-state index in [0.29, 0.717) is 5.92 Å². The normalized spacial score (nSPS) is 18.7. The monoisotopic (exact) mass is 299 g/mol. The van der Waals surface area contributed by atoms with Crippen molar-refractivity contribution in [3.63, 3.8) is 0 Å². The first-order valence-corrected chi connectivity index (χ1v) is 8.45. The second-order valence-electron chi connectivity index (χ2n) is 6.60. The summed E-state index contributed by atoms with van der Waals surface area (Å²) >= 11 is 0. The summed E-state index contributed by atoms with van der Waals surface area (Å²) < 4.78 is 0. The molecule has 1 aliphatic heterocycles. The molecule has 0 spiro atoms. The molecule has 1 unspecified atom stereocenters. The summed E-state index contributed by atoms with van der Waals surface area (Å²) in [6.07, 6.45) is 5.33. The first kappa shape index (κ1) is 18.2. The van der Waals surface area contributed by atoms with E-state index >= 15 is 0 Å². The molecule has 1 rings (SSSR count). The van der Waals surface area contributed by atoms with Crippen molar-refractivity contribution in [1.29, 1.82) is 0 Å². The minimum Gasteiger partial charge on any atom is -0.394 e. The standard InChI is InChI=1S/C16H33N3O2/c1-4-5-8-19-9-6-14(7-10-19)17-16(21)18-15(12-20)11-13(2)3/h13-15,20H,4-12H2,1-3H3,(H2,17,18,21). The molecule has 0 aliphatic carbocycles. The van der Waals surface area contributed by atoms with Crippen LogP contribution in [0.3, 0.4) is 0 Å². The Labute approximate surface area is 129 Å². The molecule has 0 bridgehead atoms. The number of rotatable bonds is 8. The number of aliphatic hydroxyl groups excluding tert-OH is 1. The van der Waals surface area contributed by atoms with Gasteiger partial charge < -0.3 is 20.6 Å². The van der Waals surface area contributed by atoms with Crippen molar-refractivity contribution in [2.75, 3.05) is 26.2 Å². The molecule has 1 aliphatic rings. The number of carbonyl (C=O) groups excluding carboxylic acids is 1. The lowest BCUT2D eigenvalue weighted by atomic mass is 10.0. The molecule has 0 aromatic carbocycles. The highest BCUT2D eigenvalue weighted by Gasteiger charge is 2.21. The molecule has 1 fully saturated rings. The average Bonchev–Trinajstić information content (AvgIpc) is 2.45. The van der Waals surface area contributed by atoms with Crippen LogP contribution < -0.4 is 10.6 Å². The average molecular weight is 299 g/mol. The van der Waals surface area contributed by atoms with Gasteiger partial charge >= 0.3 is 6.03 Å². The fourth-order valence-corrected chi connectivity index (χ4v) is 2.84. The highest BCUT2D eigenvalue weighted by molar-refractivity contribution is 5.74. The van der Waals surface area contributed by atoms with Gasteiger partial charge in [-0.15, -0.1) is 0 Å². The van der Waals surface area contributed by atoms with Crippen molar-refractivity contribution in [2.45, 2.75) is 65.0 Å². The summed E-state index contributed by atoms with van der Waals surface area (Å²) in [7, 11) is 0. The van der Waals surface area contributed by atoms with E-state index in [2.05, 4.69) is 36.3 Å². The van der Waals surface area contributed by atoms with E-state index in [1.807, 2.05) is 0 Å². The number of nitrogens with one attached hydrogen (secondary N) is 2. The lowest BCUT2D eigenvalue weighted by molar-refractivity contribution is 0.182. The fraction of sp³-hybridized carbons (Fsp3) is 0.938. The molecule has 0 aromatic rings. The van der Waals surface area contributed by atoms with Crippen LogP contribution in [-0.2, 0) is 0 Å². The Morgan fingerprint density at radius 2 is 2.00 bits per heavy atom. The number of aliphatic hydroxyl groups is 1. The maximum absolute atomic E-state index is 12.0. The predicted molar refractivity (Wildman–Crippen MR) is 86.4 cm³/mol. The van der Waals surface area contributed by atoms with E-state index in [0.717, 1.165) is 32.4 Å². The van der Waals surface area contributed by atoms with Crippen LogP contribution in [0.4, 0.5) is 4.79 Å². The SMILES string of the molecule is CCCCN1CCC(NC(=O)NC(CO)CC(C)C)CC1. The van der Waals surface area contributed by atoms with Gasteiger partial charge in [-0.3, -0.25) is 0 Å². The smallest absolute Gasteiger partial charge is 0.315 e.